The van der Waals surface area contributed by atoms with Crippen LogP contribution in [0.1, 0.15) is 178 Å². The maximum Gasteiger partial charge on any atom is 0.408 e. The summed E-state index contributed by atoms with van der Waals surface area (Å²) in [5.41, 5.74) is 11.8. The molecular formula is C72H107N11O13S. The summed E-state index contributed by atoms with van der Waals surface area (Å²) < 4.78 is 17.8. The van der Waals surface area contributed by atoms with Crippen LogP contribution < -0.4 is 32.7 Å². The number of H-pyrrole nitrogens is 1. The topological polar surface area (TPSA) is 347 Å². The number of imidazole rings is 1. The lowest BCUT2D eigenvalue weighted by molar-refractivity contribution is -0.149. The van der Waals surface area contributed by atoms with Crippen LogP contribution >= 0.6 is 11.3 Å². The Morgan fingerprint density at radius 3 is 2.10 bits per heavy atom. The molecule has 4 aromatic rings. The van der Waals surface area contributed by atoms with E-state index in [1.54, 1.807) is 77.2 Å². The van der Waals surface area contributed by atoms with E-state index in [0.717, 1.165) is 17.0 Å². The molecule has 7 amide bonds. The Morgan fingerprint density at radius 1 is 0.814 bits per heavy atom. The van der Waals surface area contributed by atoms with Gasteiger partial charge in [-0.3, -0.25) is 38.4 Å². The van der Waals surface area contributed by atoms with Crippen LogP contribution in [0.25, 0.3) is 0 Å². The number of primary amides is 1. The third-order valence-corrected chi connectivity index (χ3v) is 19.9. The van der Waals surface area contributed by atoms with E-state index in [2.05, 4.69) is 48.4 Å². The first kappa shape index (κ1) is 79.9. The molecule has 11 atom stereocenters. The maximum absolute atomic E-state index is 14.8. The number of ether oxygens (including phenoxy) is 3. The number of amides is 7. The summed E-state index contributed by atoms with van der Waals surface area (Å²) in [4.78, 5) is 152. The van der Waals surface area contributed by atoms with Crippen LogP contribution in [0.15, 0.2) is 78.7 Å². The van der Waals surface area contributed by atoms with Gasteiger partial charge in [-0.05, 0) is 106 Å². The predicted octanol–water partition coefficient (Wildman–Crippen LogP) is 9.13. The molecule has 1 fully saturated rings. The van der Waals surface area contributed by atoms with Crippen molar-refractivity contribution < 1.29 is 62.2 Å². The highest BCUT2D eigenvalue weighted by Gasteiger charge is 2.44. The number of anilines is 1. The number of carbonyl (C=O) groups is 10. The highest BCUT2D eigenvalue weighted by atomic mass is 32.1. The number of carbonyl (C=O) groups excluding carboxylic acids is 10. The molecule has 0 aliphatic carbocycles. The summed E-state index contributed by atoms with van der Waals surface area (Å²) in [5.74, 6) is -6.43. The van der Waals surface area contributed by atoms with Crippen LogP contribution in [0.4, 0.5) is 15.3 Å². The number of benzene rings is 2. The Hall–Kier alpha value is -7.74. The molecule has 0 saturated carbocycles. The molecule has 1 saturated heterocycles. The molecule has 1 aliphatic rings. The number of hydrogen-bond acceptors (Lipinski definition) is 17. The van der Waals surface area contributed by atoms with Gasteiger partial charge in [-0.2, -0.15) is 0 Å². The van der Waals surface area contributed by atoms with Gasteiger partial charge in [0.2, 0.25) is 23.6 Å². The standard InChI is InChI=1S/C72H107N11O13S/c1-13-46(6)64(60(94-11)40-62(88)83-33-20-25-56(83)65(95-12)47(7)57(84)38-52(68-76-32-34-97-68)35-48-21-15-14-16-22-48)82(10)69(91)54(44(2)3)39-61(87)72(8,9)81-71(93)96-42-49-26-28-53(29-27-49)79-66(89)51(24-19-31-77-70(74)92)37-59(86)63(45(4)5)80-67(90)50(23-17-18-30-73)36-58(85)55-41-75-43-78-55/h14-16,21-22,26-29,32,34,41,43-47,50-52,54,56,60,63-65H,13,17-20,23-25,30-31,33,35-40,42,73H2,1-12H3,(H,75,78)(H,79,89)(H,80,90)(H,81,93)(H3,74,77,92)/t46-,47-,50+,51+,52+,54-,56-,60+,63-,64-,65+/m0/s1. The second-order valence-corrected chi connectivity index (χ2v) is 28.0. The zero-order valence-corrected chi connectivity index (χ0v) is 59.7. The molecule has 3 heterocycles. The van der Waals surface area contributed by atoms with E-state index in [-0.39, 0.29) is 110 Å². The minimum absolute atomic E-state index is 0.0336. The number of nitrogens with one attached hydrogen (secondary N) is 5. The first-order valence-electron chi connectivity index (χ1n) is 34.2. The average molecular weight is 1370 g/mol. The number of urea groups is 1. The SMILES string of the molecule is CC[C@H](C)[C@@H]([C@@H](CC(=O)N1CCC[C@H]1[C@H](OC)[C@@H](C)C(=O)C[C@@H](Cc1ccccc1)c1nccs1)OC)N(C)C(=O)[C@@H](CC(=O)C(C)(C)NC(=O)OCc1ccc(NC(=O)[C@H](CCCNC(N)=O)CC(=O)[C@@H](NC(=O)[C@H](CCCCN)CC(=O)c2cnc[nH]2)C(C)C)cc1)C(C)C. The summed E-state index contributed by atoms with van der Waals surface area (Å²) in [5, 5.41) is 13.7. The molecule has 97 heavy (non-hydrogen) atoms. The van der Waals surface area contributed by atoms with Gasteiger partial charge in [-0.1, -0.05) is 104 Å². The van der Waals surface area contributed by atoms with Crippen LogP contribution in [-0.2, 0) is 60.8 Å². The highest BCUT2D eigenvalue weighted by Crippen LogP contribution is 2.34. The van der Waals surface area contributed by atoms with Gasteiger partial charge in [0.1, 0.15) is 18.1 Å². The zero-order valence-electron chi connectivity index (χ0n) is 58.9. The molecule has 24 nitrogen and oxygen atoms in total. The van der Waals surface area contributed by atoms with Crippen molar-refractivity contribution in [2.75, 3.05) is 46.2 Å². The number of alkyl carbamates (subject to hydrolysis) is 1. The number of thiazole rings is 1. The molecular weight excluding hydrogens is 1260 g/mol. The molecule has 0 spiro atoms. The number of ketones is 4. The van der Waals surface area contributed by atoms with E-state index in [0.29, 0.717) is 69.3 Å². The fourth-order valence-corrected chi connectivity index (χ4v) is 13.6. The molecule has 2 aromatic carbocycles. The van der Waals surface area contributed by atoms with E-state index in [9.17, 15) is 47.9 Å². The van der Waals surface area contributed by atoms with Crippen molar-refractivity contribution in [3.8, 4) is 0 Å². The first-order valence-corrected chi connectivity index (χ1v) is 35.1. The van der Waals surface area contributed by atoms with Gasteiger partial charge in [0, 0.05) is 107 Å². The average Bonchev–Trinajstić information content (AvgIpc) is 1.79. The number of methoxy groups -OCH3 is 2. The van der Waals surface area contributed by atoms with Gasteiger partial charge < -0.3 is 61.7 Å². The summed E-state index contributed by atoms with van der Waals surface area (Å²) in [7, 11) is 4.80. The van der Waals surface area contributed by atoms with Crippen molar-refractivity contribution >= 4 is 75.9 Å². The lowest BCUT2D eigenvalue weighted by Crippen LogP contribution is -2.55. The molecule has 25 heteroatoms. The third-order valence-electron chi connectivity index (χ3n) is 18.9. The van der Waals surface area contributed by atoms with Crippen LogP contribution in [-0.4, -0.2) is 160 Å². The Morgan fingerprint density at radius 2 is 1.51 bits per heavy atom. The number of likely N-dealkylation sites (N-methyl/N-ethyl adjacent to an activating group) is 1. The van der Waals surface area contributed by atoms with Gasteiger partial charge in [-0.25, -0.2) is 19.6 Å². The molecule has 5 rings (SSSR count). The van der Waals surface area contributed by atoms with E-state index in [1.807, 2.05) is 63.1 Å². The molecule has 0 radical (unpaired) electrons. The summed E-state index contributed by atoms with van der Waals surface area (Å²) in [6.45, 7) is 17.1. The van der Waals surface area contributed by atoms with Crippen LogP contribution in [0, 0.1) is 41.4 Å². The Bertz CT molecular complexity index is 3170. The molecule has 9 N–H and O–H groups in total. The van der Waals surface area contributed by atoms with Crippen LogP contribution in [0.5, 0.6) is 0 Å². The number of Topliss-reactive ketones (excluding diaryl/α,β-unsaturated/α-hetero) is 4. The van der Waals surface area contributed by atoms with Crippen LogP contribution in [0.2, 0.25) is 0 Å². The van der Waals surface area contributed by atoms with Crippen molar-refractivity contribution in [3.63, 3.8) is 0 Å². The molecule has 1 aliphatic heterocycles. The summed E-state index contributed by atoms with van der Waals surface area (Å²) >= 11 is 1.53. The predicted molar refractivity (Wildman–Crippen MR) is 372 cm³/mol. The van der Waals surface area contributed by atoms with Crippen molar-refractivity contribution in [2.24, 2.45) is 52.9 Å². The van der Waals surface area contributed by atoms with Gasteiger partial charge in [0.25, 0.3) is 0 Å². The molecule has 534 valence electrons. The number of unbranched alkanes of at least 4 members (excludes halogenated alkanes) is 1. The van der Waals surface area contributed by atoms with E-state index >= 15 is 0 Å². The van der Waals surface area contributed by atoms with Crippen molar-refractivity contribution in [2.45, 2.75) is 201 Å². The second-order valence-electron chi connectivity index (χ2n) is 27.1. The zero-order chi connectivity index (χ0) is 71.5. The van der Waals surface area contributed by atoms with Crippen LogP contribution in [0.3, 0.4) is 0 Å². The van der Waals surface area contributed by atoms with E-state index in [4.69, 9.17) is 25.7 Å². The number of aromatic nitrogens is 3. The first-order chi connectivity index (χ1) is 46.1. The number of rotatable bonds is 43. The smallest absolute Gasteiger partial charge is 0.408 e. The molecule has 0 unspecified atom stereocenters. The summed E-state index contributed by atoms with van der Waals surface area (Å²) in [6, 6.07) is 13.8. The van der Waals surface area contributed by atoms with Gasteiger partial charge >= 0.3 is 12.1 Å². The third kappa shape index (κ3) is 24.3. The number of aromatic amines is 1. The van der Waals surface area contributed by atoms with E-state index in [1.165, 1.54) is 31.0 Å². The molecule has 2 aromatic heterocycles. The van der Waals surface area contributed by atoms with Gasteiger partial charge in [-0.15, -0.1) is 11.3 Å². The van der Waals surface area contributed by atoms with Gasteiger partial charge in [0.05, 0.1) is 59.8 Å². The normalized spacial score (nSPS) is 16.4. The van der Waals surface area contributed by atoms with Crippen molar-refractivity contribution in [1.29, 1.82) is 0 Å². The molecule has 0 bridgehead atoms. The number of nitrogens with zero attached hydrogens (tertiary/aromatic N) is 4. The van der Waals surface area contributed by atoms with Gasteiger partial charge in [0.15, 0.2) is 17.3 Å². The fourth-order valence-electron chi connectivity index (χ4n) is 12.9. The quantitative estimate of drug-likeness (QED) is 0.0160. The minimum Gasteiger partial charge on any atom is -0.445 e. The summed E-state index contributed by atoms with van der Waals surface area (Å²) in [6.07, 6.45) is 6.76. The Kier molecular flexibility index (Phi) is 32.6. The second kappa shape index (κ2) is 39.6. The van der Waals surface area contributed by atoms with Crippen molar-refractivity contribution in [1.82, 2.24) is 40.7 Å². The number of hydrogen-bond donors (Lipinski definition) is 7. The highest BCUT2D eigenvalue weighted by molar-refractivity contribution is 7.09. The van der Waals surface area contributed by atoms with E-state index < -0.39 is 89.0 Å². The maximum atomic E-state index is 14.8. The monoisotopic (exact) mass is 1370 g/mol. The number of nitrogens with two attached hydrogens (primary N) is 2. The lowest BCUT2D eigenvalue weighted by Gasteiger charge is -2.41. The minimum atomic E-state index is -1.48. The lowest BCUT2D eigenvalue weighted by atomic mass is 9.83. The Labute approximate surface area is 576 Å². The number of likely N-dealkylation sites (tertiary alicyclic amines) is 1. The Balaban J connectivity index is 1.18. The largest absolute Gasteiger partial charge is 0.445 e. The van der Waals surface area contributed by atoms with Crippen molar-refractivity contribution in [3.05, 3.63) is 101 Å². The fraction of sp³-hybridized carbons (Fsp3) is 0.611.